The van der Waals surface area contributed by atoms with Crippen LogP contribution in [0.2, 0.25) is 0 Å². The molecule has 4 nitrogen and oxygen atoms in total. The quantitative estimate of drug-likeness (QED) is 0.450. The molecule has 0 spiro atoms. The van der Waals surface area contributed by atoms with Crippen LogP contribution in [0.5, 0.6) is 0 Å². The van der Waals surface area contributed by atoms with Gasteiger partial charge in [-0.25, -0.2) is 8.37 Å². The lowest BCUT2D eigenvalue weighted by Crippen LogP contribution is -2.10. The monoisotopic (exact) mass is 294 g/mol. The third-order valence-corrected chi connectivity index (χ3v) is 3.97. The number of unbranched alkanes of at least 4 members (excludes halogenated alkanes) is 9. The first-order valence-electron chi connectivity index (χ1n) is 7.66. The molecule has 0 aliphatic rings. The maximum Gasteiger partial charge on any atom is 0.399 e. The van der Waals surface area contributed by atoms with Gasteiger partial charge in [-0.15, -0.1) is 0 Å². The van der Waals surface area contributed by atoms with Crippen LogP contribution in [-0.4, -0.2) is 21.6 Å². The zero-order valence-corrected chi connectivity index (χ0v) is 13.3. The van der Waals surface area contributed by atoms with Crippen LogP contribution in [-0.2, 0) is 18.8 Å². The summed E-state index contributed by atoms with van der Waals surface area (Å²) in [4.78, 5) is 0. The maximum atomic E-state index is 11.0. The zero-order chi connectivity index (χ0) is 14.4. The first kappa shape index (κ1) is 18.9. The van der Waals surface area contributed by atoms with Gasteiger partial charge in [0.2, 0.25) is 0 Å². The first-order valence-corrected chi connectivity index (χ1v) is 8.99. The van der Waals surface area contributed by atoms with Gasteiger partial charge in [-0.2, -0.15) is 8.42 Å². The Morgan fingerprint density at radius 3 is 1.63 bits per heavy atom. The molecule has 0 aliphatic carbocycles. The van der Waals surface area contributed by atoms with Crippen LogP contribution in [0.3, 0.4) is 0 Å². The van der Waals surface area contributed by atoms with E-state index in [1.54, 1.807) is 6.92 Å². The number of hydrogen-bond donors (Lipinski definition) is 0. The van der Waals surface area contributed by atoms with Crippen LogP contribution in [0.15, 0.2) is 0 Å². The standard InChI is InChI=1S/C14H30O4S/c1-3-5-6-7-8-9-10-11-12-13-14-18-19(15,16)17-4-2/h3-14H2,1-2H3. The molecule has 0 atom stereocenters. The van der Waals surface area contributed by atoms with Crippen LogP contribution in [0.25, 0.3) is 0 Å². The zero-order valence-electron chi connectivity index (χ0n) is 12.5. The van der Waals surface area contributed by atoms with E-state index in [2.05, 4.69) is 11.1 Å². The largest absolute Gasteiger partial charge is 0.399 e. The van der Waals surface area contributed by atoms with E-state index in [0.29, 0.717) is 0 Å². The Kier molecular flexibility index (Phi) is 12.8. The highest BCUT2D eigenvalue weighted by Crippen LogP contribution is 2.10. The summed E-state index contributed by atoms with van der Waals surface area (Å²) >= 11 is 0. The lowest BCUT2D eigenvalue weighted by molar-refractivity contribution is 0.218. The minimum atomic E-state index is -3.74. The summed E-state index contributed by atoms with van der Waals surface area (Å²) < 4.78 is 31.3. The van der Waals surface area contributed by atoms with Crippen LogP contribution >= 0.6 is 0 Å². The van der Waals surface area contributed by atoms with Gasteiger partial charge < -0.3 is 0 Å². The summed E-state index contributed by atoms with van der Waals surface area (Å²) in [5.41, 5.74) is 0. The van der Waals surface area contributed by atoms with E-state index in [9.17, 15) is 8.42 Å². The van der Waals surface area contributed by atoms with Gasteiger partial charge in [0.1, 0.15) is 0 Å². The molecule has 0 heterocycles. The van der Waals surface area contributed by atoms with Crippen molar-refractivity contribution >= 4 is 10.4 Å². The molecule has 0 bridgehead atoms. The molecule has 116 valence electrons. The Morgan fingerprint density at radius 1 is 0.684 bits per heavy atom. The summed E-state index contributed by atoms with van der Waals surface area (Å²) in [6.45, 7) is 4.22. The number of rotatable bonds is 14. The molecule has 0 aromatic rings. The van der Waals surface area contributed by atoms with Crippen molar-refractivity contribution < 1.29 is 16.8 Å². The highest BCUT2D eigenvalue weighted by atomic mass is 32.3. The summed E-state index contributed by atoms with van der Waals surface area (Å²) in [5.74, 6) is 0. The van der Waals surface area contributed by atoms with E-state index in [1.165, 1.54) is 44.9 Å². The average Bonchev–Trinajstić information content (AvgIpc) is 2.36. The Morgan fingerprint density at radius 2 is 1.16 bits per heavy atom. The third-order valence-electron chi connectivity index (χ3n) is 2.99. The predicted molar refractivity (Wildman–Crippen MR) is 78.3 cm³/mol. The van der Waals surface area contributed by atoms with Crippen molar-refractivity contribution in [2.45, 2.75) is 78.1 Å². The highest BCUT2D eigenvalue weighted by molar-refractivity contribution is 7.81. The molecule has 0 aliphatic heterocycles. The molecule has 0 radical (unpaired) electrons. The van der Waals surface area contributed by atoms with E-state index >= 15 is 0 Å². The second kappa shape index (κ2) is 12.9. The van der Waals surface area contributed by atoms with E-state index in [1.807, 2.05) is 0 Å². The van der Waals surface area contributed by atoms with Crippen molar-refractivity contribution in [1.82, 2.24) is 0 Å². The molecule has 0 rings (SSSR count). The Labute approximate surface area is 119 Å². The van der Waals surface area contributed by atoms with Gasteiger partial charge in [0.25, 0.3) is 0 Å². The van der Waals surface area contributed by atoms with Crippen molar-refractivity contribution in [3.8, 4) is 0 Å². The van der Waals surface area contributed by atoms with Crippen molar-refractivity contribution in [2.24, 2.45) is 0 Å². The molecule has 0 saturated carbocycles. The van der Waals surface area contributed by atoms with E-state index in [0.717, 1.165) is 19.3 Å². The maximum absolute atomic E-state index is 11.0. The lowest BCUT2D eigenvalue weighted by atomic mass is 10.1. The van der Waals surface area contributed by atoms with Crippen LogP contribution in [0, 0.1) is 0 Å². The van der Waals surface area contributed by atoms with Gasteiger partial charge in [-0.1, -0.05) is 64.7 Å². The van der Waals surface area contributed by atoms with Gasteiger partial charge in [0.15, 0.2) is 0 Å². The minimum absolute atomic E-state index is 0.125. The predicted octanol–water partition coefficient (Wildman–Crippen LogP) is 4.21. The lowest BCUT2D eigenvalue weighted by Gasteiger charge is -2.04. The van der Waals surface area contributed by atoms with Crippen molar-refractivity contribution in [1.29, 1.82) is 0 Å². The third kappa shape index (κ3) is 14.1. The molecule has 0 fully saturated rings. The average molecular weight is 294 g/mol. The van der Waals surface area contributed by atoms with E-state index in [4.69, 9.17) is 4.18 Å². The SMILES string of the molecule is CCCCCCCCCCCCOS(=O)(=O)OCC. The molecule has 0 N–H and O–H groups in total. The fourth-order valence-corrected chi connectivity index (χ4v) is 2.61. The molecule has 0 aromatic heterocycles. The molecule has 5 heteroatoms. The Hall–Kier alpha value is -0.130. The Bertz CT molecular complexity index is 275. The van der Waals surface area contributed by atoms with Gasteiger partial charge >= 0.3 is 10.4 Å². The summed E-state index contributed by atoms with van der Waals surface area (Å²) in [6, 6.07) is 0. The topological polar surface area (TPSA) is 52.6 Å². The van der Waals surface area contributed by atoms with Gasteiger partial charge in [0.05, 0.1) is 13.2 Å². The van der Waals surface area contributed by atoms with E-state index < -0.39 is 10.4 Å². The van der Waals surface area contributed by atoms with Crippen molar-refractivity contribution in [3.63, 3.8) is 0 Å². The molecule has 0 amide bonds. The Balaban J connectivity index is 3.19. The molecule has 0 aromatic carbocycles. The van der Waals surface area contributed by atoms with Gasteiger partial charge in [0, 0.05) is 0 Å². The summed E-state index contributed by atoms with van der Waals surface area (Å²) in [7, 11) is -3.74. The fourth-order valence-electron chi connectivity index (χ4n) is 1.93. The van der Waals surface area contributed by atoms with Crippen molar-refractivity contribution in [3.05, 3.63) is 0 Å². The number of hydrogen-bond acceptors (Lipinski definition) is 4. The van der Waals surface area contributed by atoms with Crippen LogP contribution < -0.4 is 0 Å². The van der Waals surface area contributed by atoms with E-state index in [-0.39, 0.29) is 13.2 Å². The highest BCUT2D eigenvalue weighted by Gasteiger charge is 2.09. The minimum Gasteiger partial charge on any atom is -0.248 e. The van der Waals surface area contributed by atoms with Crippen LogP contribution in [0.4, 0.5) is 0 Å². The molecule has 0 saturated heterocycles. The first-order chi connectivity index (χ1) is 9.12. The second-order valence-electron chi connectivity index (χ2n) is 4.82. The fraction of sp³-hybridized carbons (Fsp3) is 1.00. The van der Waals surface area contributed by atoms with Gasteiger partial charge in [-0.3, -0.25) is 0 Å². The van der Waals surface area contributed by atoms with Crippen molar-refractivity contribution in [2.75, 3.05) is 13.2 Å². The summed E-state index contributed by atoms with van der Waals surface area (Å²) in [5, 5.41) is 0. The van der Waals surface area contributed by atoms with Gasteiger partial charge in [-0.05, 0) is 13.3 Å². The summed E-state index contributed by atoms with van der Waals surface area (Å²) in [6.07, 6.45) is 12.2. The van der Waals surface area contributed by atoms with Crippen LogP contribution in [0.1, 0.15) is 78.1 Å². The second-order valence-corrected chi connectivity index (χ2v) is 6.11. The molecule has 19 heavy (non-hydrogen) atoms. The molecular weight excluding hydrogens is 264 g/mol. The molecule has 0 unspecified atom stereocenters. The molecular formula is C14H30O4S. The normalized spacial score (nSPS) is 11.9. The smallest absolute Gasteiger partial charge is 0.248 e.